The smallest absolute Gasteiger partial charge is 0.160 e. The fourth-order valence-corrected chi connectivity index (χ4v) is 7.50. The Bertz CT molecular complexity index is 2370. The van der Waals surface area contributed by atoms with Gasteiger partial charge in [-0.15, -0.1) is 0 Å². The van der Waals surface area contributed by atoms with E-state index in [1.165, 1.54) is 33.4 Å². The minimum atomic E-state index is -0.436. The van der Waals surface area contributed by atoms with Gasteiger partial charge in [-0.2, -0.15) is 0 Å². The number of hydrogen-bond donors (Lipinski definition) is 0. The van der Waals surface area contributed by atoms with E-state index in [0.29, 0.717) is 0 Å². The largest absolute Gasteiger partial charge is 0.228 e. The van der Waals surface area contributed by atoms with Crippen molar-refractivity contribution in [3.63, 3.8) is 0 Å². The number of benzene rings is 7. The lowest BCUT2D eigenvalue weighted by Gasteiger charge is -2.34. The van der Waals surface area contributed by atoms with Crippen molar-refractivity contribution in [2.45, 2.75) is 5.41 Å². The molecule has 0 spiro atoms. The second-order valence-electron chi connectivity index (χ2n) is 12.1. The molecule has 0 N–H and O–H groups in total. The van der Waals surface area contributed by atoms with Gasteiger partial charge in [0.15, 0.2) is 5.82 Å². The summed E-state index contributed by atoms with van der Waals surface area (Å²) in [5.41, 5.74) is 13.5. The molecule has 7 aromatic carbocycles. The van der Waals surface area contributed by atoms with Gasteiger partial charge in [0, 0.05) is 16.5 Å². The molecule has 0 saturated carbocycles. The van der Waals surface area contributed by atoms with E-state index in [-0.39, 0.29) is 0 Å². The van der Waals surface area contributed by atoms with Crippen LogP contribution in [0.2, 0.25) is 0 Å². The topological polar surface area (TPSA) is 25.8 Å². The first kappa shape index (κ1) is 27.2. The van der Waals surface area contributed by atoms with Crippen LogP contribution < -0.4 is 0 Å². The molecule has 1 aliphatic rings. The zero-order chi connectivity index (χ0) is 31.2. The maximum atomic E-state index is 5.15. The molecule has 1 heterocycles. The first-order valence-corrected chi connectivity index (χ1v) is 16.1. The van der Waals surface area contributed by atoms with Crippen molar-refractivity contribution >= 4 is 10.9 Å². The monoisotopic (exact) mass is 598 g/mol. The van der Waals surface area contributed by atoms with Crippen LogP contribution in [-0.4, -0.2) is 9.97 Å². The molecule has 220 valence electrons. The molecule has 9 rings (SSSR count). The van der Waals surface area contributed by atoms with Gasteiger partial charge in [0.25, 0.3) is 0 Å². The van der Waals surface area contributed by atoms with Crippen LogP contribution in [-0.2, 0) is 5.41 Å². The third-order valence-corrected chi connectivity index (χ3v) is 9.56. The molecule has 8 aromatic rings. The van der Waals surface area contributed by atoms with Gasteiger partial charge in [0.05, 0.1) is 16.6 Å². The summed E-state index contributed by atoms with van der Waals surface area (Å²) in [6.45, 7) is 0. The number of rotatable bonds is 5. The summed E-state index contributed by atoms with van der Waals surface area (Å²) in [5.74, 6) is 0.722. The van der Waals surface area contributed by atoms with E-state index in [9.17, 15) is 0 Å². The normalized spacial score (nSPS) is 12.9. The number of para-hydroxylation sites is 1. The van der Waals surface area contributed by atoms with Crippen molar-refractivity contribution in [1.82, 2.24) is 9.97 Å². The van der Waals surface area contributed by atoms with Gasteiger partial charge in [-0.1, -0.05) is 164 Å². The van der Waals surface area contributed by atoms with E-state index < -0.39 is 5.41 Å². The van der Waals surface area contributed by atoms with Crippen molar-refractivity contribution in [3.05, 3.63) is 204 Å². The summed E-state index contributed by atoms with van der Waals surface area (Å²) < 4.78 is 0. The van der Waals surface area contributed by atoms with Gasteiger partial charge in [-0.25, -0.2) is 9.97 Å². The second kappa shape index (κ2) is 11.0. The summed E-state index contributed by atoms with van der Waals surface area (Å²) in [6, 6.07) is 65.1. The van der Waals surface area contributed by atoms with E-state index in [0.717, 1.165) is 44.7 Å². The average molecular weight is 599 g/mol. The van der Waals surface area contributed by atoms with E-state index in [1.807, 2.05) is 12.1 Å². The summed E-state index contributed by atoms with van der Waals surface area (Å²) in [6.07, 6.45) is 0. The molecule has 0 amide bonds. The first-order chi connectivity index (χ1) is 23.3. The van der Waals surface area contributed by atoms with E-state index >= 15 is 0 Å². The number of nitrogens with zero attached hydrogens (tertiary/aromatic N) is 2. The minimum Gasteiger partial charge on any atom is -0.228 e. The van der Waals surface area contributed by atoms with Crippen LogP contribution in [0.25, 0.3) is 55.8 Å². The van der Waals surface area contributed by atoms with Crippen LogP contribution in [0.1, 0.15) is 22.3 Å². The van der Waals surface area contributed by atoms with Gasteiger partial charge >= 0.3 is 0 Å². The Balaban J connectivity index is 1.22. The quantitative estimate of drug-likeness (QED) is 0.197. The van der Waals surface area contributed by atoms with E-state index in [4.69, 9.17) is 9.97 Å². The molecule has 1 aromatic heterocycles. The minimum absolute atomic E-state index is 0.436. The van der Waals surface area contributed by atoms with Crippen LogP contribution in [0.5, 0.6) is 0 Å². The van der Waals surface area contributed by atoms with Gasteiger partial charge in [0.1, 0.15) is 0 Å². The van der Waals surface area contributed by atoms with Crippen LogP contribution >= 0.6 is 0 Å². The maximum absolute atomic E-state index is 5.15. The average Bonchev–Trinajstić information content (AvgIpc) is 3.46. The SMILES string of the molecule is c1ccc(-c2nc(-c3cccc(-c4cccc(C5(c6ccccc6)c6ccccc6-c6ccccc65)c4)c3)nc3ccccc23)cc1. The molecule has 0 atom stereocenters. The van der Waals surface area contributed by atoms with Crippen LogP contribution in [0.15, 0.2) is 182 Å². The predicted octanol–water partition coefficient (Wildman–Crippen LogP) is 11.0. The van der Waals surface area contributed by atoms with Crippen LogP contribution in [0.3, 0.4) is 0 Å². The van der Waals surface area contributed by atoms with Gasteiger partial charge < -0.3 is 0 Å². The van der Waals surface area contributed by atoms with Crippen LogP contribution in [0.4, 0.5) is 0 Å². The highest BCUT2D eigenvalue weighted by Gasteiger charge is 2.45. The molecule has 0 unspecified atom stereocenters. The van der Waals surface area contributed by atoms with Crippen molar-refractivity contribution in [1.29, 1.82) is 0 Å². The molecule has 0 bridgehead atoms. The fourth-order valence-electron chi connectivity index (χ4n) is 7.50. The highest BCUT2D eigenvalue weighted by atomic mass is 14.9. The van der Waals surface area contributed by atoms with Crippen molar-refractivity contribution in [2.75, 3.05) is 0 Å². The Morgan fingerprint density at radius 2 is 0.894 bits per heavy atom. The van der Waals surface area contributed by atoms with E-state index in [2.05, 4.69) is 170 Å². The zero-order valence-electron chi connectivity index (χ0n) is 25.7. The van der Waals surface area contributed by atoms with Gasteiger partial charge in [-0.05, 0) is 62.7 Å². The predicted molar refractivity (Wildman–Crippen MR) is 193 cm³/mol. The summed E-state index contributed by atoms with van der Waals surface area (Å²) in [5, 5.41) is 1.05. The van der Waals surface area contributed by atoms with Crippen molar-refractivity contribution in [3.8, 4) is 44.9 Å². The highest BCUT2D eigenvalue weighted by Crippen LogP contribution is 2.56. The molecule has 1 aliphatic carbocycles. The molecule has 0 fully saturated rings. The lowest BCUT2D eigenvalue weighted by molar-refractivity contribution is 0.769. The molecule has 0 aliphatic heterocycles. The van der Waals surface area contributed by atoms with Crippen molar-refractivity contribution in [2.24, 2.45) is 0 Å². The lowest BCUT2D eigenvalue weighted by Crippen LogP contribution is -2.28. The molecule has 0 radical (unpaired) electrons. The third kappa shape index (κ3) is 4.34. The molecule has 2 heteroatoms. The molecule has 0 saturated heterocycles. The summed E-state index contributed by atoms with van der Waals surface area (Å²) >= 11 is 0. The zero-order valence-corrected chi connectivity index (χ0v) is 25.7. The Kier molecular flexibility index (Phi) is 6.39. The first-order valence-electron chi connectivity index (χ1n) is 16.1. The molecule has 47 heavy (non-hydrogen) atoms. The van der Waals surface area contributed by atoms with Crippen molar-refractivity contribution < 1.29 is 0 Å². The Labute approximate surface area is 274 Å². The van der Waals surface area contributed by atoms with E-state index in [1.54, 1.807) is 0 Å². The third-order valence-electron chi connectivity index (χ3n) is 9.56. The standard InChI is InChI=1S/C45H30N2/c1-3-15-31(16-4-1)43-39-25-9-12-28-42(39)46-44(47-43)34-19-13-17-32(29-34)33-18-14-22-36(30-33)45(35-20-5-2-6-21-35)40-26-10-7-23-37(40)38-24-8-11-27-41(38)45/h1-30H. The Hall–Kier alpha value is -6.12. The number of aromatic nitrogens is 2. The Morgan fingerprint density at radius 1 is 0.362 bits per heavy atom. The molecule has 2 nitrogen and oxygen atoms in total. The maximum Gasteiger partial charge on any atom is 0.160 e. The number of fused-ring (bicyclic) bond motifs is 4. The van der Waals surface area contributed by atoms with Gasteiger partial charge in [-0.3, -0.25) is 0 Å². The highest BCUT2D eigenvalue weighted by molar-refractivity contribution is 5.94. The molecular weight excluding hydrogens is 569 g/mol. The summed E-state index contributed by atoms with van der Waals surface area (Å²) in [4.78, 5) is 10.2. The van der Waals surface area contributed by atoms with Crippen LogP contribution in [0, 0.1) is 0 Å². The fraction of sp³-hybridized carbons (Fsp3) is 0.0222. The molecular formula is C45H30N2. The summed E-state index contributed by atoms with van der Waals surface area (Å²) in [7, 11) is 0. The Morgan fingerprint density at radius 3 is 1.64 bits per heavy atom. The second-order valence-corrected chi connectivity index (χ2v) is 12.1. The van der Waals surface area contributed by atoms with Gasteiger partial charge in [0.2, 0.25) is 0 Å². The lowest BCUT2D eigenvalue weighted by atomic mass is 9.67. The number of hydrogen-bond acceptors (Lipinski definition) is 2.